The second-order valence-electron chi connectivity index (χ2n) is 5.91. The predicted molar refractivity (Wildman–Crippen MR) is 71.4 cm³/mol. The highest BCUT2D eigenvalue weighted by Crippen LogP contribution is 2.52. The van der Waals surface area contributed by atoms with Crippen LogP contribution >= 0.6 is 0 Å². The molecule has 1 fully saturated rings. The van der Waals surface area contributed by atoms with E-state index in [1.807, 2.05) is 0 Å². The Bertz CT molecular complexity index is 426. The van der Waals surface area contributed by atoms with Gasteiger partial charge < -0.3 is 14.9 Å². The van der Waals surface area contributed by atoms with Crippen LogP contribution in [0.5, 0.6) is 0 Å². The van der Waals surface area contributed by atoms with E-state index in [4.69, 9.17) is 4.74 Å². The number of hydrogen-bond donors (Lipinski definition) is 2. The molecule has 2 N–H and O–H groups in total. The molecule has 19 heavy (non-hydrogen) atoms. The lowest BCUT2D eigenvalue weighted by Crippen LogP contribution is -2.52. The number of ether oxygens (including phenoxy) is 1. The van der Waals surface area contributed by atoms with Crippen molar-refractivity contribution in [1.82, 2.24) is 0 Å². The van der Waals surface area contributed by atoms with Crippen LogP contribution in [0.3, 0.4) is 0 Å². The van der Waals surface area contributed by atoms with E-state index >= 15 is 0 Å². The maximum Gasteiger partial charge on any atom is 0.337 e. The Hall–Kier alpha value is -1.29. The third-order valence-corrected chi connectivity index (χ3v) is 4.52. The van der Waals surface area contributed by atoms with Crippen molar-refractivity contribution >= 4 is 5.97 Å². The summed E-state index contributed by atoms with van der Waals surface area (Å²) in [6.07, 6.45) is 3.99. The van der Waals surface area contributed by atoms with E-state index in [-0.39, 0.29) is 24.0 Å². The first-order chi connectivity index (χ1) is 8.92. The largest absolute Gasteiger partial charge is 0.512 e. The summed E-state index contributed by atoms with van der Waals surface area (Å²) in [7, 11) is 1.32. The fraction of sp³-hybridized carbons (Fsp3) is 0.667. The number of aliphatic hydroxyl groups excluding tert-OH is 1. The fourth-order valence-electron chi connectivity index (χ4n) is 3.87. The van der Waals surface area contributed by atoms with Crippen molar-refractivity contribution in [3.8, 4) is 0 Å². The summed E-state index contributed by atoms with van der Waals surface area (Å²) in [5.74, 6) is -0.373. The number of hydrogen-bond acceptors (Lipinski definition) is 4. The Labute approximate surface area is 113 Å². The summed E-state index contributed by atoms with van der Waals surface area (Å²) >= 11 is 0. The van der Waals surface area contributed by atoms with E-state index in [1.54, 1.807) is 6.08 Å². The number of fused-ring (bicyclic) bond motifs is 2. The second kappa shape index (κ2) is 5.00. The zero-order chi connectivity index (χ0) is 14.2. The highest BCUT2D eigenvalue weighted by Gasteiger charge is 2.53. The van der Waals surface area contributed by atoms with Crippen LogP contribution in [-0.4, -0.2) is 28.9 Å². The molecule has 106 valence electrons. The minimum Gasteiger partial charge on any atom is -0.512 e. The van der Waals surface area contributed by atoms with Gasteiger partial charge in [-0.2, -0.15) is 0 Å². The molecule has 0 aliphatic heterocycles. The molecule has 0 saturated heterocycles. The van der Waals surface area contributed by atoms with Crippen LogP contribution in [0.1, 0.15) is 32.6 Å². The molecule has 0 aromatic heterocycles. The highest BCUT2D eigenvalue weighted by atomic mass is 16.5. The van der Waals surface area contributed by atoms with E-state index < -0.39 is 11.6 Å². The average Bonchev–Trinajstić information content (AvgIpc) is 2.31. The maximum absolute atomic E-state index is 11.9. The molecule has 4 atom stereocenters. The summed E-state index contributed by atoms with van der Waals surface area (Å²) in [4.78, 5) is 11.9. The van der Waals surface area contributed by atoms with E-state index in [0.29, 0.717) is 24.3 Å². The van der Waals surface area contributed by atoms with Gasteiger partial charge in [0.15, 0.2) is 0 Å². The molecule has 2 bridgehead atoms. The monoisotopic (exact) mass is 266 g/mol. The van der Waals surface area contributed by atoms with Crippen LogP contribution in [0.4, 0.5) is 0 Å². The zero-order valence-electron chi connectivity index (χ0n) is 11.6. The number of esters is 1. The van der Waals surface area contributed by atoms with Crippen molar-refractivity contribution in [2.45, 2.75) is 38.2 Å². The minimum absolute atomic E-state index is 0.00781. The van der Waals surface area contributed by atoms with Crippen molar-refractivity contribution in [3.05, 3.63) is 24.0 Å². The topological polar surface area (TPSA) is 66.8 Å². The molecule has 2 aliphatic rings. The van der Waals surface area contributed by atoms with Gasteiger partial charge in [-0.05, 0) is 31.1 Å². The Morgan fingerprint density at radius 2 is 2.32 bits per heavy atom. The molecule has 0 heterocycles. The number of allylic oxidation sites excluding steroid dienone is 1. The summed E-state index contributed by atoms with van der Waals surface area (Å²) in [5, 5.41) is 20.9. The Morgan fingerprint density at radius 1 is 1.63 bits per heavy atom. The zero-order valence-corrected chi connectivity index (χ0v) is 11.6. The quantitative estimate of drug-likeness (QED) is 0.608. The Kier molecular flexibility index (Phi) is 3.72. The molecule has 0 aromatic carbocycles. The van der Waals surface area contributed by atoms with Gasteiger partial charge in [-0.15, -0.1) is 6.58 Å². The van der Waals surface area contributed by atoms with Gasteiger partial charge in [0.1, 0.15) is 5.76 Å². The molecule has 4 heteroatoms. The lowest BCUT2D eigenvalue weighted by molar-refractivity contribution is -0.141. The first-order valence-electron chi connectivity index (χ1n) is 6.76. The van der Waals surface area contributed by atoms with Gasteiger partial charge in [-0.1, -0.05) is 13.0 Å². The Morgan fingerprint density at radius 3 is 2.89 bits per heavy atom. The SMILES string of the molecule is C=CCC1C2C[C@@H](C)C[C@]1(O)CC(O)=C2C(=O)OC. The molecule has 4 nitrogen and oxygen atoms in total. The first-order valence-corrected chi connectivity index (χ1v) is 6.76. The molecular formula is C15H22O4. The van der Waals surface area contributed by atoms with Crippen LogP contribution in [0.15, 0.2) is 24.0 Å². The molecule has 2 rings (SSSR count). The molecule has 2 unspecified atom stereocenters. The minimum atomic E-state index is -0.932. The summed E-state index contributed by atoms with van der Waals surface area (Å²) in [6.45, 7) is 5.80. The van der Waals surface area contributed by atoms with E-state index in [1.165, 1.54) is 7.11 Å². The normalized spacial score (nSPS) is 37.9. The van der Waals surface area contributed by atoms with Crippen LogP contribution < -0.4 is 0 Å². The standard InChI is InChI=1S/C15H22O4/c1-4-5-11-10-6-9(2)7-15(11,18)8-12(16)13(10)14(17)19-3/h4,9-11,16,18H,1,5-8H2,2-3H3/t9-,10?,11?,15+/m1/s1. The van der Waals surface area contributed by atoms with Crippen molar-refractivity contribution < 1.29 is 19.7 Å². The van der Waals surface area contributed by atoms with E-state index in [2.05, 4.69) is 13.5 Å². The van der Waals surface area contributed by atoms with Crippen LogP contribution in [0.2, 0.25) is 0 Å². The lowest BCUT2D eigenvalue weighted by atomic mass is 9.57. The van der Waals surface area contributed by atoms with Crippen LogP contribution in [0, 0.1) is 17.8 Å². The Balaban J connectivity index is 2.46. The molecule has 2 aliphatic carbocycles. The van der Waals surface area contributed by atoms with Gasteiger partial charge in [-0.25, -0.2) is 4.79 Å². The predicted octanol–water partition coefficient (Wildman–Crippen LogP) is 2.34. The number of methoxy groups -OCH3 is 1. The van der Waals surface area contributed by atoms with E-state index in [0.717, 1.165) is 6.42 Å². The van der Waals surface area contributed by atoms with Crippen LogP contribution in [0.25, 0.3) is 0 Å². The molecule has 0 radical (unpaired) electrons. The number of carbonyl (C=O) groups is 1. The number of carbonyl (C=O) groups excluding carboxylic acids is 1. The van der Waals surface area contributed by atoms with Crippen molar-refractivity contribution in [3.63, 3.8) is 0 Å². The first kappa shape index (κ1) is 14.1. The summed E-state index contributed by atoms with van der Waals surface area (Å²) in [6, 6.07) is 0. The van der Waals surface area contributed by atoms with Crippen molar-refractivity contribution in [2.75, 3.05) is 7.11 Å². The van der Waals surface area contributed by atoms with Crippen LogP contribution in [-0.2, 0) is 9.53 Å². The average molecular weight is 266 g/mol. The molecule has 1 saturated carbocycles. The molecular weight excluding hydrogens is 244 g/mol. The van der Waals surface area contributed by atoms with Gasteiger partial charge in [0.25, 0.3) is 0 Å². The lowest BCUT2D eigenvalue weighted by Gasteiger charge is -2.50. The number of aliphatic hydroxyl groups is 2. The third-order valence-electron chi connectivity index (χ3n) is 4.52. The number of rotatable bonds is 3. The van der Waals surface area contributed by atoms with Gasteiger partial charge in [0, 0.05) is 12.3 Å². The molecule has 0 spiro atoms. The van der Waals surface area contributed by atoms with Gasteiger partial charge in [-0.3, -0.25) is 0 Å². The van der Waals surface area contributed by atoms with Crippen molar-refractivity contribution in [2.24, 2.45) is 17.8 Å². The maximum atomic E-state index is 11.9. The van der Waals surface area contributed by atoms with Gasteiger partial charge in [0.2, 0.25) is 0 Å². The molecule has 0 amide bonds. The summed E-state index contributed by atoms with van der Waals surface area (Å²) in [5.41, 5.74) is -0.580. The van der Waals surface area contributed by atoms with E-state index in [9.17, 15) is 15.0 Å². The smallest absolute Gasteiger partial charge is 0.337 e. The second-order valence-corrected chi connectivity index (χ2v) is 5.91. The highest BCUT2D eigenvalue weighted by molar-refractivity contribution is 5.90. The van der Waals surface area contributed by atoms with Crippen molar-refractivity contribution in [1.29, 1.82) is 0 Å². The fourth-order valence-corrected chi connectivity index (χ4v) is 3.87. The third kappa shape index (κ3) is 2.29. The van der Waals surface area contributed by atoms with Gasteiger partial charge in [0.05, 0.1) is 18.3 Å². The molecule has 0 aromatic rings. The summed E-state index contributed by atoms with van der Waals surface area (Å²) < 4.78 is 4.78. The van der Waals surface area contributed by atoms with Gasteiger partial charge >= 0.3 is 5.97 Å².